The SMILES string of the molecule is NCc1cc(F)cc(OCC(O)c2ccccc2)c1. The maximum Gasteiger partial charge on any atom is 0.127 e. The molecule has 0 fully saturated rings. The number of rotatable bonds is 5. The topological polar surface area (TPSA) is 55.5 Å². The predicted molar refractivity (Wildman–Crippen MR) is 71.2 cm³/mol. The molecule has 0 amide bonds. The Bertz CT molecular complexity index is 531. The van der Waals surface area contributed by atoms with Crippen LogP contribution in [0.25, 0.3) is 0 Å². The molecule has 100 valence electrons. The van der Waals surface area contributed by atoms with E-state index in [1.54, 1.807) is 6.07 Å². The third kappa shape index (κ3) is 3.77. The van der Waals surface area contributed by atoms with Crippen LogP contribution in [0.3, 0.4) is 0 Å². The van der Waals surface area contributed by atoms with Gasteiger partial charge in [0, 0.05) is 12.6 Å². The fourth-order valence-electron chi connectivity index (χ4n) is 1.77. The number of halogens is 1. The summed E-state index contributed by atoms with van der Waals surface area (Å²) in [5.41, 5.74) is 6.88. The standard InChI is InChI=1S/C15H16FNO2/c16-13-6-11(9-17)7-14(8-13)19-10-15(18)12-4-2-1-3-5-12/h1-8,15,18H,9-10,17H2. The zero-order valence-electron chi connectivity index (χ0n) is 10.4. The highest BCUT2D eigenvalue weighted by Gasteiger charge is 2.08. The summed E-state index contributed by atoms with van der Waals surface area (Å²) in [6.07, 6.45) is -0.745. The van der Waals surface area contributed by atoms with Crippen molar-refractivity contribution < 1.29 is 14.2 Å². The van der Waals surface area contributed by atoms with E-state index in [0.29, 0.717) is 11.3 Å². The average Bonchev–Trinajstić information content (AvgIpc) is 2.45. The summed E-state index contributed by atoms with van der Waals surface area (Å²) in [5.74, 6) is -0.0254. The molecular formula is C15H16FNO2. The van der Waals surface area contributed by atoms with Gasteiger partial charge in [-0.25, -0.2) is 4.39 Å². The number of ether oxygens (including phenoxy) is 1. The zero-order valence-corrected chi connectivity index (χ0v) is 10.4. The second-order valence-corrected chi connectivity index (χ2v) is 4.24. The first-order valence-corrected chi connectivity index (χ1v) is 6.04. The second-order valence-electron chi connectivity index (χ2n) is 4.24. The monoisotopic (exact) mass is 261 g/mol. The lowest BCUT2D eigenvalue weighted by Gasteiger charge is -2.13. The quantitative estimate of drug-likeness (QED) is 0.869. The highest BCUT2D eigenvalue weighted by Crippen LogP contribution is 2.19. The molecule has 0 aromatic heterocycles. The molecule has 3 N–H and O–H groups in total. The zero-order chi connectivity index (χ0) is 13.7. The molecule has 1 atom stereocenters. The van der Waals surface area contributed by atoms with Crippen LogP contribution < -0.4 is 10.5 Å². The van der Waals surface area contributed by atoms with Crippen LogP contribution in [0.4, 0.5) is 4.39 Å². The van der Waals surface area contributed by atoms with Crippen molar-refractivity contribution in [3.05, 3.63) is 65.5 Å². The van der Waals surface area contributed by atoms with Gasteiger partial charge in [-0.15, -0.1) is 0 Å². The number of aliphatic hydroxyl groups excluding tert-OH is 1. The van der Waals surface area contributed by atoms with Crippen LogP contribution in [-0.4, -0.2) is 11.7 Å². The fraction of sp³-hybridized carbons (Fsp3) is 0.200. The molecule has 2 aromatic rings. The molecule has 0 saturated carbocycles. The van der Waals surface area contributed by atoms with E-state index in [9.17, 15) is 9.50 Å². The van der Waals surface area contributed by atoms with Gasteiger partial charge in [0.15, 0.2) is 0 Å². The highest BCUT2D eigenvalue weighted by atomic mass is 19.1. The van der Waals surface area contributed by atoms with Crippen LogP contribution in [0, 0.1) is 5.82 Å². The van der Waals surface area contributed by atoms with E-state index in [2.05, 4.69) is 0 Å². The normalized spacial score (nSPS) is 12.2. The third-order valence-corrected chi connectivity index (χ3v) is 2.76. The largest absolute Gasteiger partial charge is 0.490 e. The lowest BCUT2D eigenvalue weighted by atomic mass is 10.1. The molecule has 0 radical (unpaired) electrons. The van der Waals surface area contributed by atoms with Gasteiger partial charge in [0.05, 0.1) is 0 Å². The highest BCUT2D eigenvalue weighted by molar-refractivity contribution is 5.29. The van der Waals surface area contributed by atoms with Gasteiger partial charge in [-0.05, 0) is 23.3 Å². The maximum absolute atomic E-state index is 13.3. The van der Waals surface area contributed by atoms with Gasteiger partial charge >= 0.3 is 0 Å². The van der Waals surface area contributed by atoms with E-state index in [1.807, 2.05) is 30.3 Å². The molecule has 0 spiro atoms. The van der Waals surface area contributed by atoms with Crippen molar-refractivity contribution in [2.75, 3.05) is 6.61 Å². The minimum atomic E-state index is -0.745. The molecular weight excluding hydrogens is 245 g/mol. The van der Waals surface area contributed by atoms with E-state index in [0.717, 1.165) is 5.56 Å². The Kier molecular flexibility index (Phi) is 4.49. The number of nitrogens with two attached hydrogens (primary N) is 1. The first-order chi connectivity index (χ1) is 9.19. The molecule has 1 unspecified atom stereocenters. The lowest BCUT2D eigenvalue weighted by molar-refractivity contribution is 0.108. The molecule has 3 nitrogen and oxygen atoms in total. The van der Waals surface area contributed by atoms with Crippen molar-refractivity contribution in [2.45, 2.75) is 12.6 Å². The predicted octanol–water partition coefficient (Wildman–Crippen LogP) is 2.40. The van der Waals surface area contributed by atoms with Gasteiger partial charge in [0.1, 0.15) is 24.3 Å². The summed E-state index contributed by atoms with van der Waals surface area (Å²) >= 11 is 0. The summed E-state index contributed by atoms with van der Waals surface area (Å²) < 4.78 is 18.7. The Balaban J connectivity index is 2.01. The molecule has 2 aromatic carbocycles. The van der Waals surface area contributed by atoms with Gasteiger partial charge in [-0.3, -0.25) is 0 Å². The number of aliphatic hydroxyl groups is 1. The molecule has 4 heteroatoms. The van der Waals surface area contributed by atoms with Gasteiger partial charge in [-0.1, -0.05) is 30.3 Å². The van der Waals surface area contributed by atoms with Crippen molar-refractivity contribution in [3.63, 3.8) is 0 Å². The Hall–Kier alpha value is -1.91. The minimum Gasteiger partial charge on any atom is -0.490 e. The Morgan fingerprint density at radius 1 is 1.16 bits per heavy atom. The van der Waals surface area contributed by atoms with Crippen LogP contribution in [0.15, 0.2) is 48.5 Å². The number of hydrogen-bond donors (Lipinski definition) is 2. The van der Waals surface area contributed by atoms with Crippen molar-refractivity contribution in [1.29, 1.82) is 0 Å². The van der Waals surface area contributed by atoms with E-state index in [1.165, 1.54) is 12.1 Å². The summed E-state index contributed by atoms with van der Waals surface area (Å²) in [6.45, 7) is 0.312. The van der Waals surface area contributed by atoms with E-state index >= 15 is 0 Å². The summed E-state index contributed by atoms with van der Waals surface area (Å²) in [7, 11) is 0. The summed E-state index contributed by atoms with van der Waals surface area (Å²) in [6, 6.07) is 13.5. The van der Waals surface area contributed by atoms with Crippen LogP contribution in [0.1, 0.15) is 17.2 Å². The summed E-state index contributed by atoms with van der Waals surface area (Å²) in [5, 5.41) is 9.93. The van der Waals surface area contributed by atoms with Crippen LogP contribution in [0.2, 0.25) is 0 Å². The number of hydrogen-bond acceptors (Lipinski definition) is 3. The Morgan fingerprint density at radius 2 is 1.89 bits per heavy atom. The van der Waals surface area contributed by atoms with Gasteiger partial charge < -0.3 is 15.6 Å². The number of benzene rings is 2. The average molecular weight is 261 g/mol. The van der Waals surface area contributed by atoms with E-state index < -0.39 is 11.9 Å². The van der Waals surface area contributed by atoms with Crippen molar-refractivity contribution in [1.82, 2.24) is 0 Å². The van der Waals surface area contributed by atoms with Gasteiger partial charge in [-0.2, -0.15) is 0 Å². The second kappa shape index (κ2) is 6.31. The van der Waals surface area contributed by atoms with E-state index in [-0.39, 0.29) is 13.2 Å². The minimum absolute atomic E-state index is 0.0669. The smallest absolute Gasteiger partial charge is 0.127 e. The Labute approximate surface area is 111 Å². The molecule has 0 saturated heterocycles. The molecule has 0 aliphatic carbocycles. The van der Waals surface area contributed by atoms with Crippen molar-refractivity contribution in [3.8, 4) is 5.75 Å². The molecule has 2 rings (SSSR count). The first kappa shape index (κ1) is 13.5. The maximum atomic E-state index is 13.3. The van der Waals surface area contributed by atoms with Gasteiger partial charge in [0.2, 0.25) is 0 Å². The van der Waals surface area contributed by atoms with Gasteiger partial charge in [0.25, 0.3) is 0 Å². The third-order valence-electron chi connectivity index (χ3n) is 2.76. The Morgan fingerprint density at radius 3 is 2.58 bits per heavy atom. The first-order valence-electron chi connectivity index (χ1n) is 6.04. The van der Waals surface area contributed by atoms with Crippen LogP contribution in [-0.2, 0) is 6.54 Å². The fourth-order valence-corrected chi connectivity index (χ4v) is 1.77. The molecule has 19 heavy (non-hydrogen) atoms. The molecule has 0 heterocycles. The van der Waals surface area contributed by atoms with E-state index in [4.69, 9.17) is 10.5 Å². The molecule has 0 bridgehead atoms. The molecule has 0 aliphatic heterocycles. The summed E-state index contributed by atoms with van der Waals surface area (Å²) in [4.78, 5) is 0. The lowest BCUT2D eigenvalue weighted by Crippen LogP contribution is -2.10. The van der Waals surface area contributed by atoms with Crippen LogP contribution in [0.5, 0.6) is 5.75 Å². The molecule has 0 aliphatic rings. The van der Waals surface area contributed by atoms with Crippen molar-refractivity contribution in [2.24, 2.45) is 5.73 Å². The van der Waals surface area contributed by atoms with Crippen LogP contribution >= 0.6 is 0 Å². The van der Waals surface area contributed by atoms with Crippen molar-refractivity contribution >= 4 is 0 Å².